The van der Waals surface area contributed by atoms with E-state index in [2.05, 4.69) is 69.3 Å². The first-order valence-electron chi connectivity index (χ1n) is 11.6. The van der Waals surface area contributed by atoms with Crippen LogP contribution in [0.3, 0.4) is 0 Å². The summed E-state index contributed by atoms with van der Waals surface area (Å²) in [5.74, 6) is 0. The number of rotatable bonds is 5. The molecule has 0 amide bonds. The molecule has 1 fully saturated rings. The summed E-state index contributed by atoms with van der Waals surface area (Å²) in [5, 5.41) is 10.2. The average Bonchev–Trinajstić information content (AvgIpc) is 3.33. The van der Waals surface area contributed by atoms with Crippen molar-refractivity contribution in [1.82, 2.24) is 14.9 Å². The first kappa shape index (κ1) is 20.5. The van der Waals surface area contributed by atoms with Crippen LogP contribution >= 0.6 is 0 Å². The topological polar surface area (TPSA) is 58.9 Å². The molecule has 0 bridgehead atoms. The highest BCUT2D eigenvalue weighted by atomic mass is 15.2. The molecule has 3 aromatic rings. The van der Waals surface area contributed by atoms with E-state index in [0.717, 1.165) is 56.5 Å². The van der Waals surface area contributed by atoms with Crippen LogP contribution in [-0.4, -0.2) is 34.0 Å². The Hall–Kier alpha value is -3.36. The number of benzene rings is 1. The lowest BCUT2D eigenvalue weighted by Gasteiger charge is -2.40. The quantitative estimate of drug-likeness (QED) is 0.579. The Morgan fingerprint density at radius 3 is 2.75 bits per heavy atom. The number of hydrogen-bond acceptors (Lipinski definition) is 4. The van der Waals surface area contributed by atoms with E-state index in [9.17, 15) is 0 Å². The number of likely N-dealkylation sites (tertiary alicyclic amines) is 1. The van der Waals surface area contributed by atoms with Crippen molar-refractivity contribution in [3.63, 3.8) is 0 Å². The summed E-state index contributed by atoms with van der Waals surface area (Å²) in [6.45, 7) is 5.31. The van der Waals surface area contributed by atoms with Crippen LogP contribution in [0.4, 0.5) is 5.69 Å². The maximum atomic E-state index is 9.00. The Bertz CT molecular complexity index is 1190. The largest absolute Gasteiger partial charge is 0.346 e. The fourth-order valence-electron chi connectivity index (χ4n) is 4.89. The molecule has 1 aromatic carbocycles. The average molecular weight is 424 g/mol. The highest BCUT2D eigenvalue weighted by Gasteiger charge is 2.29. The summed E-state index contributed by atoms with van der Waals surface area (Å²) in [6, 6.07) is 12.8. The van der Waals surface area contributed by atoms with Gasteiger partial charge in [-0.1, -0.05) is 31.6 Å². The third-order valence-electron chi connectivity index (χ3n) is 6.63. The van der Waals surface area contributed by atoms with Gasteiger partial charge in [-0.3, -0.25) is 4.90 Å². The third kappa shape index (κ3) is 3.94. The number of H-pyrrole nitrogens is 1. The summed E-state index contributed by atoms with van der Waals surface area (Å²) < 4.78 is 0. The number of unbranched alkanes of at least 4 members (excludes halogenated alkanes) is 1. The molecule has 0 atom stereocenters. The van der Waals surface area contributed by atoms with Crippen LogP contribution in [-0.2, 0) is 6.54 Å². The van der Waals surface area contributed by atoms with Crippen LogP contribution in [0.15, 0.2) is 61.1 Å². The van der Waals surface area contributed by atoms with Crippen molar-refractivity contribution in [2.24, 2.45) is 0 Å². The summed E-state index contributed by atoms with van der Waals surface area (Å²) in [7, 11) is 0. The molecule has 5 heteroatoms. The second-order valence-corrected chi connectivity index (χ2v) is 8.75. The van der Waals surface area contributed by atoms with E-state index in [1.165, 1.54) is 27.8 Å². The molecule has 0 unspecified atom stereocenters. The number of nitrogens with one attached hydrogen (secondary N) is 1. The van der Waals surface area contributed by atoms with Gasteiger partial charge in [0.2, 0.25) is 0 Å². The number of hydrogen-bond donors (Lipinski definition) is 1. The van der Waals surface area contributed by atoms with Gasteiger partial charge in [-0.2, -0.15) is 5.26 Å². The van der Waals surface area contributed by atoms with Crippen molar-refractivity contribution in [3.05, 3.63) is 77.8 Å². The summed E-state index contributed by atoms with van der Waals surface area (Å²) in [4.78, 5) is 13.0. The van der Waals surface area contributed by atoms with Gasteiger partial charge in [0.15, 0.2) is 0 Å². The number of fused-ring (bicyclic) bond motifs is 3. The highest BCUT2D eigenvalue weighted by molar-refractivity contribution is 6.00. The molecule has 162 valence electrons. The molecule has 2 aliphatic rings. The van der Waals surface area contributed by atoms with Crippen LogP contribution in [0.5, 0.6) is 0 Å². The van der Waals surface area contributed by atoms with E-state index >= 15 is 0 Å². The number of allylic oxidation sites excluding steroid dienone is 3. The Labute approximate surface area is 189 Å². The lowest BCUT2D eigenvalue weighted by Crippen LogP contribution is -2.43. The van der Waals surface area contributed by atoms with Gasteiger partial charge in [0, 0.05) is 55.2 Å². The van der Waals surface area contributed by atoms with Crippen LogP contribution in [0.2, 0.25) is 0 Å². The minimum atomic E-state index is 0.482. The van der Waals surface area contributed by atoms with Crippen LogP contribution in [0.1, 0.15) is 49.3 Å². The van der Waals surface area contributed by atoms with E-state index in [0.29, 0.717) is 6.04 Å². The minimum absolute atomic E-state index is 0.482. The van der Waals surface area contributed by atoms with Crippen molar-refractivity contribution in [3.8, 4) is 6.07 Å². The predicted octanol–water partition coefficient (Wildman–Crippen LogP) is 5.62. The van der Waals surface area contributed by atoms with Gasteiger partial charge in [-0.15, -0.1) is 0 Å². The van der Waals surface area contributed by atoms with Gasteiger partial charge in [0.05, 0.1) is 17.3 Å². The molecule has 32 heavy (non-hydrogen) atoms. The fraction of sp³-hybridized carbons (Fsp3) is 0.333. The second-order valence-electron chi connectivity index (χ2n) is 8.75. The lowest BCUT2D eigenvalue weighted by atomic mass is 9.95. The van der Waals surface area contributed by atoms with Gasteiger partial charge < -0.3 is 9.88 Å². The van der Waals surface area contributed by atoms with Crippen molar-refractivity contribution in [2.45, 2.75) is 45.2 Å². The molecule has 0 spiro atoms. The van der Waals surface area contributed by atoms with E-state index in [4.69, 9.17) is 5.26 Å². The molecule has 5 nitrogen and oxygen atoms in total. The number of pyridine rings is 1. The molecule has 1 N–H and O–H groups in total. The Morgan fingerprint density at radius 2 is 2.00 bits per heavy atom. The van der Waals surface area contributed by atoms with Crippen LogP contribution in [0, 0.1) is 11.3 Å². The number of nitriles is 1. The predicted molar refractivity (Wildman–Crippen MR) is 130 cm³/mol. The van der Waals surface area contributed by atoms with Crippen molar-refractivity contribution in [2.75, 3.05) is 18.0 Å². The zero-order valence-electron chi connectivity index (χ0n) is 18.6. The number of aromatic amines is 1. The van der Waals surface area contributed by atoms with E-state index in [1.807, 2.05) is 24.5 Å². The zero-order chi connectivity index (χ0) is 21.9. The number of piperidine rings is 1. The first-order chi connectivity index (χ1) is 15.8. The molecule has 5 rings (SSSR count). The Balaban J connectivity index is 1.35. The highest BCUT2D eigenvalue weighted by Crippen LogP contribution is 2.40. The molecule has 1 saturated heterocycles. The first-order valence-corrected chi connectivity index (χ1v) is 11.6. The third-order valence-corrected chi connectivity index (χ3v) is 6.63. The standard InChI is InChI=1S/C27H29N5/c1-2-3-4-22-10-16-32(26-24-9-13-29-27(24)30-18-25(22)26)23-11-14-31(15-12-23)19-21-7-5-20(17-28)6-8-21/h4-10,13,16,18,23H,2-3,11-12,14-15,19H2,1H3,(H,29,30)/b22-4-. The summed E-state index contributed by atoms with van der Waals surface area (Å²) >= 11 is 0. The molecule has 2 aromatic heterocycles. The van der Waals surface area contributed by atoms with Crippen LogP contribution in [0.25, 0.3) is 16.6 Å². The monoisotopic (exact) mass is 423 g/mol. The van der Waals surface area contributed by atoms with Crippen molar-refractivity contribution in [1.29, 1.82) is 5.26 Å². The van der Waals surface area contributed by atoms with Crippen molar-refractivity contribution < 1.29 is 0 Å². The van der Waals surface area contributed by atoms with Gasteiger partial charge in [0.25, 0.3) is 0 Å². The van der Waals surface area contributed by atoms with E-state index in [1.54, 1.807) is 0 Å². The van der Waals surface area contributed by atoms with Crippen LogP contribution < -0.4 is 4.90 Å². The minimum Gasteiger partial charge on any atom is -0.346 e. The number of anilines is 1. The summed E-state index contributed by atoms with van der Waals surface area (Å²) in [6.07, 6.45) is 15.4. The lowest BCUT2D eigenvalue weighted by molar-refractivity contribution is 0.205. The maximum Gasteiger partial charge on any atom is 0.139 e. The smallest absolute Gasteiger partial charge is 0.139 e. The Kier molecular flexibility index (Phi) is 5.79. The molecular weight excluding hydrogens is 394 g/mol. The van der Waals surface area contributed by atoms with Gasteiger partial charge >= 0.3 is 0 Å². The zero-order valence-corrected chi connectivity index (χ0v) is 18.6. The second kappa shape index (κ2) is 9.02. The maximum absolute atomic E-state index is 9.00. The SMILES string of the molecule is CCC/C=C1/C=CN(C2CCN(Cc3ccc(C#N)cc3)CC2)c2c1cnc1[nH]ccc21. The fourth-order valence-corrected chi connectivity index (χ4v) is 4.89. The van der Waals surface area contributed by atoms with E-state index in [-0.39, 0.29) is 0 Å². The summed E-state index contributed by atoms with van der Waals surface area (Å²) in [5.41, 5.74) is 6.78. The van der Waals surface area contributed by atoms with Gasteiger partial charge in [-0.05, 0) is 54.7 Å². The molecular formula is C27H29N5. The molecule has 0 radical (unpaired) electrons. The molecule has 0 saturated carbocycles. The molecule has 2 aliphatic heterocycles. The Morgan fingerprint density at radius 1 is 1.19 bits per heavy atom. The van der Waals surface area contributed by atoms with Gasteiger partial charge in [0.1, 0.15) is 5.65 Å². The molecule has 4 heterocycles. The van der Waals surface area contributed by atoms with E-state index < -0.39 is 0 Å². The normalized spacial score (nSPS) is 18.2. The number of nitrogens with zero attached hydrogens (tertiary/aromatic N) is 4. The number of aromatic nitrogens is 2. The van der Waals surface area contributed by atoms with Crippen molar-refractivity contribution >= 4 is 22.3 Å². The van der Waals surface area contributed by atoms with Gasteiger partial charge in [-0.25, -0.2) is 4.98 Å². The molecule has 0 aliphatic carbocycles.